The van der Waals surface area contributed by atoms with Crippen LogP contribution in [0.4, 0.5) is 4.79 Å². The second-order valence-electron chi connectivity index (χ2n) is 9.61. The van der Waals surface area contributed by atoms with Gasteiger partial charge >= 0.3 is 6.09 Å². The predicted molar refractivity (Wildman–Crippen MR) is 130 cm³/mol. The molecule has 0 N–H and O–H groups in total. The van der Waals surface area contributed by atoms with Crippen molar-refractivity contribution in [2.75, 3.05) is 0 Å². The number of nitrogens with zero attached hydrogens (tertiary/aromatic N) is 2. The minimum Gasteiger partial charge on any atom is -0.443 e. The molecular weight excluding hydrogens is 452 g/mol. The molecule has 0 aliphatic heterocycles. The van der Waals surface area contributed by atoms with Gasteiger partial charge in [-0.2, -0.15) is 4.57 Å². The van der Waals surface area contributed by atoms with Crippen LogP contribution in [0.3, 0.4) is 0 Å². The Morgan fingerprint density at radius 2 is 1.62 bits per heavy atom. The number of benzene rings is 2. The summed E-state index contributed by atoms with van der Waals surface area (Å²) in [5, 5.41) is -0.790. The fourth-order valence-electron chi connectivity index (χ4n) is 4.29. The van der Waals surface area contributed by atoms with Crippen LogP contribution in [0.25, 0.3) is 11.4 Å². The van der Waals surface area contributed by atoms with Gasteiger partial charge < -0.3 is 4.74 Å². The maximum atomic E-state index is 13.7. The van der Waals surface area contributed by atoms with Crippen LogP contribution in [0.1, 0.15) is 51.3 Å². The summed E-state index contributed by atoms with van der Waals surface area (Å²) in [4.78, 5) is 31.8. The van der Waals surface area contributed by atoms with Gasteiger partial charge in [0.2, 0.25) is 0 Å². The summed E-state index contributed by atoms with van der Waals surface area (Å²) >= 11 is 0. The van der Waals surface area contributed by atoms with Crippen molar-refractivity contribution >= 4 is 15.9 Å². The maximum Gasteiger partial charge on any atom is 0.423 e. The lowest BCUT2D eigenvalue weighted by Crippen LogP contribution is -2.41. The first-order valence-corrected chi connectivity index (χ1v) is 12.8. The minimum absolute atomic E-state index is 0.0133. The van der Waals surface area contributed by atoms with E-state index in [2.05, 4.69) is 0 Å². The monoisotopic (exact) mass is 480 g/mol. The van der Waals surface area contributed by atoms with Crippen LogP contribution in [-0.4, -0.2) is 34.9 Å². The third kappa shape index (κ3) is 4.55. The Hall–Kier alpha value is -3.26. The average molecular weight is 481 g/mol. The third-order valence-corrected chi connectivity index (χ3v) is 8.01. The molecule has 2 unspecified atom stereocenters. The highest BCUT2D eigenvalue weighted by molar-refractivity contribution is 7.92. The summed E-state index contributed by atoms with van der Waals surface area (Å²) in [5.74, 6) is -0.0921. The second kappa shape index (κ2) is 8.83. The highest BCUT2D eigenvalue weighted by Crippen LogP contribution is 2.35. The molecule has 0 fully saturated rings. The Bertz CT molecular complexity index is 1370. The molecule has 7 nitrogen and oxygen atoms in total. The van der Waals surface area contributed by atoms with E-state index in [0.29, 0.717) is 17.7 Å². The molecule has 0 bridgehead atoms. The van der Waals surface area contributed by atoms with Crippen LogP contribution >= 0.6 is 0 Å². The molecule has 1 aliphatic rings. The number of sulfone groups is 1. The van der Waals surface area contributed by atoms with Crippen molar-refractivity contribution < 1.29 is 17.9 Å². The molecule has 8 heteroatoms. The van der Waals surface area contributed by atoms with Crippen LogP contribution in [-0.2, 0) is 21.0 Å². The largest absolute Gasteiger partial charge is 0.443 e. The zero-order chi connectivity index (χ0) is 24.7. The van der Waals surface area contributed by atoms with Gasteiger partial charge in [0, 0.05) is 17.0 Å². The van der Waals surface area contributed by atoms with Crippen molar-refractivity contribution in [3.63, 3.8) is 0 Å². The lowest BCUT2D eigenvalue weighted by Gasteiger charge is -2.29. The van der Waals surface area contributed by atoms with Gasteiger partial charge in [0.15, 0.2) is 15.7 Å². The van der Waals surface area contributed by atoms with Crippen LogP contribution in [0.15, 0.2) is 70.4 Å². The molecule has 0 amide bonds. The molecule has 34 heavy (non-hydrogen) atoms. The molecule has 1 heterocycles. The van der Waals surface area contributed by atoms with Crippen LogP contribution in [0, 0.1) is 0 Å². The zero-order valence-electron chi connectivity index (χ0n) is 19.7. The number of ether oxygens (including phenoxy) is 1. The SMILES string of the molecule is CC1CC(S(=O)(=O)c2ccccc2)Cc2c1nc(-c1ccccc1)n(C(=O)OC(C)(C)C)c2=O. The number of carbonyl (C=O) groups is 1. The first-order chi connectivity index (χ1) is 16.0. The number of hydrogen-bond acceptors (Lipinski definition) is 6. The van der Waals surface area contributed by atoms with Crippen molar-refractivity contribution in [2.45, 2.75) is 62.2 Å². The van der Waals surface area contributed by atoms with Gasteiger partial charge in [-0.3, -0.25) is 4.79 Å². The van der Waals surface area contributed by atoms with Gasteiger partial charge in [-0.1, -0.05) is 55.5 Å². The van der Waals surface area contributed by atoms with Crippen LogP contribution in [0.2, 0.25) is 0 Å². The Kier molecular flexibility index (Phi) is 6.20. The molecule has 2 atom stereocenters. The summed E-state index contributed by atoms with van der Waals surface area (Å²) in [6.07, 6.45) is -0.519. The van der Waals surface area contributed by atoms with Gasteiger partial charge in [0.1, 0.15) is 5.60 Å². The molecule has 0 saturated carbocycles. The third-order valence-electron chi connectivity index (χ3n) is 5.84. The summed E-state index contributed by atoms with van der Waals surface area (Å²) in [6, 6.07) is 17.2. The van der Waals surface area contributed by atoms with Crippen molar-refractivity contribution in [3.05, 3.63) is 82.3 Å². The fraction of sp³-hybridized carbons (Fsp3) is 0.346. The molecule has 2 aromatic carbocycles. The topological polar surface area (TPSA) is 95.3 Å². The lowest BCUT2D eigenvalue weighted by molar-refractivity contribution is 0.0531. The molecule has 4 rings (SSSR count). The molecule has 0 radical (unpaired) electrons. The van der Waals surface area contributed by atoms with Gasteiger partial charge in [0.25, 0.3) is 5.56 Å². The molecule has 3 aromatic rings. The van der Waals surface area contributed by atoms with E-state index in [1.54, 1.807) is 75.4 Å². The Morgan fingerprint density at radius 1 is 1.03 bits per heavy atom. The summed E-state index contributed by atoms with van der Waals surface area (Å²) in [5.41, 5.74) is -0.0401. The Balaban J connectivity index is 1.88. The highest BCUT2D eigenvalue weighted by Gasteiger charge is 2.38. The highest BCUT2D eigenvalue weighted by atomic mass is 32.2. The normalized spacial score (nSPS) is 18.2. The van der Waals surface area contributed by atoms with Crippen molar-refractivity contribution in [2.24, 2.45) is 0 Å². The summed E-state index contributed by atoms with van der Waals surface area (Å²) < 4.78 is 33.1. The molecule has 1 aromatic heterocycles. The van der Waals surface area contributed by atoms with E-state index >= 15 is 0 Å². The van der Waals surface area contributed by atoms with Crippen LogP contribution in [0.5, 0.6) is 0 Å². The smallest absolute Gasteiger partial charge is 0.423 e. The van der Waals surface area contributed by atoms with E-state index < -0.39 is 32.3 Å². The van der Waals surface area contributed by atoms with E-state index in [1.165, 1.54) is 0 Å². The number of carbonyl (C=O) groups excluding carboxylic acids is 1. The van der Waals surface area contributed by atoms with E-state index in [4.69, 9.17) is 9.72 Å². The first kappa shape index (κ1) is 23.9. The van der Waals surface area contributed by atoms with Gasteiger partial charge in [-0.25, -0.2) is 18.2 Å². The molecule has 1 aliphatic carbocycles. The predicted octanol–water partition coefficient (Wildman–Crippen LogP) is 4.59. The number of rotatable bonds is 3. The number of aromatic nitrogens is 2. The van der Waals surface area contributed by atoms with Gasteiger partial charge in [0.05, 0.1) is 15.8 Å². The summed E-state index contributed by atoms with van der Waals surface area (Å²) in [6.45, 7) is 7.02. The lowest BCUT2D eigenvalue weighted by atomic mass is 9.88. The number of fused-ring (bicyclic) bond motifs is 1. The van der Waals surface area contributed by atoms with E-state index in [-0.39, 0.29) is 28.6 Å². The molecular formula is C26H28N2O5S. The summed E-state index contributed by atoms with van der Waals surface area (Å²) in [7, 11) is -3.67. The van der Waals surface area contributed by atoms with E-state index in [9.17, 15) is 18.0 Å². The minimum atomic E-state index is -3.67. The van der Waals surface area contributed by atoms with Crippen LogP contribution < -0.4 is 5.56 Å². The zero-order valence-corrected chi connectivity index (χ0v) is 20.5. The Morgan fingerprint density at radius 3 is 2.21 bits per heavy atom. The first-order valence-electron chi connectivity index (χ1n) is 11.2. The quantitative estimate of drug-likeness (QED) is 0.544. The van der Waals surface area contributed by atoms with E-state index in [0.717, 1.165) is 4.57 Å². The molecule has 0 saturated heterocycles. The molecule has 178 valence electrons. The average Bonchev–Trinajstić information content (AvgIpc) is 2.79. The number of hydrogen-bond donors (Lipinski definition) is 0. The van der Waals surface area contributed by atoms with Gasteiger partial charge in [-0.05, 0) is 45.7 Å². The molecule has 0 spiro atoms. The standard InChI is InChI=1S/C26H28N2O5S/c1-17-15-20(34(31,32)19-13-9-6-10-14-19)16-21-22(17)27-23(18-11-7-5-8-12-18)28(24(21)29)25(30)33-26(2,3)4/h5-14,17,20H,15-16H2,1-4H3. The van der Waals surface area contributed by atoms with Gasteiger partial charge in [-0.15, -0.1) is 0 Å². The second-order valence-corrected chi connectivity index (χ2v) is 11.8. The van der Waals surface area contributed by atoms with E-state index in [1.807, 2.05) is 13.0 Å². The van der Waals surface area contributed by atoms with Crippen molar-refractivity contribution in [3.8, 4) is 11.4 Å². The fourth-order valence-corrected chi connectivity index (χ4v) is 6.14. The Labute approximate surface area is 199 Å². The van der Waals surface area contributed by atoms with Crippen molar-refractivity contribution in [1.82, 2.24) is 9.55 Å². The maximum absolute atomic E-state index is 13.7. The van der Waals surface area contributed by atoms with Crippen molar-refractivity contribution in [1.29, 1.82) is 0 Å².